The standard InChI is InChI=1S/C15H13NO4/c1-3-20-15(18)12-14(19-2)10-11(16-12)8-6-4-5-7-9(8)13(10)17/h4-7,16H,3H2,1-2H3. The number of ether oxygens (including phenoxy) is 2. The Morgan fingerprint density at radius 1 is 1.25 bits per heavy atom. The number of fused-ring (bicyclic) bond motifs is 3. The first kappa shape index (κ1) is 12.5. The second-order valence-corrected chi connectivity index (χ2v) is 4.38. The van der Waals surface area contributed by atoms with Gasteiger partial charge in [-0.05, 0) is 6.92 Å². The van der Waals surface area contributed by atoms with E-state index in [1.165, 1.54) is 7.11 Å². The molecule has 0 atom stereocenters. The van der Waals surface area contributed by atoms with Gasteiger partial charge in [-0.1, -0.05) is 24.3 Å². The van der Waals surface area contributed by atoms with Crippen LogP contribution in [0.1, 0.15) is 33.3 Å². The molecule has 1 aliphatic carbocycles. The maximum absolute atomic E-state index is 12.4. The van der Waals surface area contributed by atoms with Crippen LogP contribution in [0.5, 0.6) is 5.75 Å². The number of rotatable bonds is 3. The van der Waals surface area contributed by atoms with Crippen LogP contribution in [0.2, 0.25) is 0 Å². The Labute approximate surface area is 115 Å². The molecular formula is C15H13NO4. The minimum atomic E-state index is -0.524. The Bertz CT molecular complexity index is 715. The van der Waals surface area contributed by atoms with Crippen molar-refractivity contribution in [2.24, 2.45) is 0 Å². The third kappa shape index (κ3) is 1.56. The van der Waals surface area contributed by atoms with E-state index in [1.54, 1.807) is 19.1 Å². The van der Waals surface area contributed by atoms with E-state index in [-0.39, 0.29) is 23.8 Å². The summed E-state index contributed by atoms with van der Waals surface area (Å²) >= 11 is 0. The number of carbonyl (C=O) groups excluding carboxylic acids is 2. The molecule has 2 aromatic rings. The lowest BCUT2D eigenvalue weighted by molar-refractivity contribution is 0.0516. The molecular weight excluding hydrogens is 258 g/mol. The zero-order valence-corrected chi connectivity index (χ0v) is 11.1. The fraction of sp³-hybridized carbons (Fsp3) is 0.200. The summed E-state index contributed by atoms with van der Waals surface area (Å²) in [7, 11) is 1.43. The molecule has 102 valence electrons. The summed E-state index contributed by atoms with van der Waals surface area (Å²) in [4.78, 5) is 27.3. The Balaban J connectivity index is 2.21. The molecule has 3 rings (SSSR count). The SMILES string of the molecule is CCOC(=O)c1[nH]c2c(c1OC)C(=O)c1ccccc1-2. The number of H-pyrrole nitrogens is 1. The van der Waals surface area contributed by atoms with Gasteiger partial charge in [-0.2, -0.15) is 0 Å². The fourth-order valence-electron chi connectivity index (χ4n) is 2.49. The number of nitrogens with one attached hydrogen (secondary N) is 1. The molecule has 1 heterocycles. The lowest BCUT2D eigenvalue weighted by Crippen LogP contribution is -2.08. The molecule has 0 bridgehead atoms. The van der Waals surface area contributed by atoms with Crippen molar-refractivity contribution in [3.63, 3.8) is 0 Å². The Hall–Kier alpha value is -2.56. The summed E-state index contributed by atoms with van der Waals surface area (Å²) in [5.41, 5.74) is 2.59. The number of esters is 1. The maximum Gasteiger partial charge on any atom is 0.358 e. The lowest BCUT2D eigenvalue weighted by Gasteiger charge is -2.04. The smallest absolute Gasteiger partial charge is 0.358 e. The maximum atomic E-state index is 12.4. The summed E-state index contributed by atoms with van der Waals surface area (Å²) in [6.45, 7) is 1.98. The molecule has 1 aliphatic rings. The van der Waals surface area contributed by atoms with E-state index in [4.69, 9.17) is 9.47 Å². The second-order valence-electron chi connectivity index (χ2n) is 4.38. The minimum absolute atomic E-state index is 0.140. The van der Waals surface area contributed by atoms with Crippen molar-refractivity contribution >= 4 is 11.8 Å². The van der Waals surface area contributed by atoms with Crippen LogP contribution < -0.4 is 4.74 Å². The van der Waals surface area contributed by atoms with Crippen molar-refractivity contribution < 1.29 is 19.1 Å². The van der Waals surface area contributed by atoms with Crippen molar-refractivity contribution in [1.82, 2.24) is 4.98 Å². The predicted octanol–water partition coefficient (Wildman–Crippen LogP) is 2.41. The number of ketones is 1. The first-order chi connectivity index (χ1) is 9.69. The van der Waals surface area contributed by atoms with E-state index in [2.05, 4.69) is 4.98 Å². The van der Waals surface area contributed by atoms with Gasteiger partial charge in [-0.15, -0.1) is 0 Å². The average molecular weight is 271 g/mol. The predicted molar refractivity (Wildman–Crippen MR) is 72.2 cm³/mol. The van der Waals surface area contributed by atoms with Gasteiger partial charge < -0.3 is 14.5 Å². The summed E-state index contributed by atoms with van der Waals surface area (Å²) in [5, 5.41) is 0. The van der Waals surface area contributed by atoms with E-state index < -0.39 is 5.97 Å². The van der Waals surface area contributed by atoms with Gasteiger partial charge >= 0.3 is 5.97 Å². The Morgan fingerprint density at radius 3 is 2.60 bits per heavy atom. The quantitative estimate of drug-likeness (QED) is 0.743. The molecule has 0 saturated carbocycles. The van der Waals surface area contributed by atoms with Crippen molar-refractivity contribution in [1.29, 1.82) is 0 Å². The zero-order valence-electron chi connectivity index (χ0n) is 11.1. The third-order valence-corrected chi connectivity index (χ3v) is 3.31. The van der Waals surface area contributed by atoms with Gasteiger partial charge in [0.25, 0.3) is 0 Å². The molecule has 0 spiro atoms. The molecule has 0 saturated heterocycles. The number of hydrogen-bond donors (Lipinski definition) is 1. The van der Waals surface area contributed by atoms with Crippen LogP contribution >= 0.6 is 0 Å². The minimum Gasteiger partial charge on any atom is -0.493 e. The monoisotopic (exact) mass is 271 g/mol. The third-order valence-electron chi connectivity index (χ3n) is 3.31. The summed E-state index contributed by atoms with van der Waals surface area (Å²) in [6.07, 6.45) is 0. The van der Waals surface area contributed by atoms with Crippen LogP contribution in [0, 0.1) is 0 Å². The highest BCUT2D eigenvalue weighted by atomic mass is 16.5. The molecule has 0 amide bonds. The topological polar surface area (TPSA) is 68.4 Å². The molecule has 0 radical (unpaired) electrons. The van der Waals surface area contributed by atoms with E-state index in [0.717, 1.165) is 5.56 Å². The average Bonchev–Trinajstić information content (AvgIpc) is 2.97. The van der Waals surface area contributed by atoms with E-state index in [1.807, 2.05) is 12.1 Å². The van der Waals surface area contributed by atoms with Crippen LogP contribution in [0.15, 0.2) is 24.3 Å². The normalized spacial score (nSPS) is 12.0. The van der Waals surface area contributed by atoms with Gasteiger partial charge in [-0.25, -0.2) is 4.79 Å². The van der Waals surface area contributed by atoms with E-state index >= 15 is 0 Å². The summed E-state index contributed by atoms with van der Waals surface area (Å²) in [6, 6.07) is 7.25. The molecule has 1 aromatic heterocycles. The molecule has 5 nitrogen and oxygen atoms in total. The summed E-state index contributed by atoms with van der Waals surface area (Å²) < 4.78 is 10.2. The van der Waals surface area contributed by atoms with Gasteiger partial charge in [0, 0.05) is 11.1 Å². The van der Waals surface area contributed by atoms with Crippen LogP contribution in [-0.4, -0.2) is 30.5 Å². The summed E-state index contributed by atoms with van der Waals surface area (Å²) in [5.74, 6) is -0.414. The van der Waals surface area contributed by atoms with E-state index in [0.29, 0.717) is 16.8 Å². The van der Waals surface area contributed by atoms with Crippen molar-refractivity contribution in [3.05, 3.63) is 41.1 Å². The molecule has 0 unspecified atom stereocenters. The molecule has 5 heteroatoms. The number of benzene rings is 1. The molecule has 20 heavy (non-hydrogen) atoms. The number of aromatic nitrogens is 1. The van der Waals surface area contributed by atoms with Crippen LogP contribution in [0.3, 0.4) is 0 Å². The highest BCUT2D eigenvalue weighted by Gasteiger charge is 2.35. The lowest BCUT2D eigenvalue weighted by atomic mass is 10.1. The first-order valence-corrected chi connectivity index (χ1v) is 6.30. The van der Waals surface area contributed by atoms with Crippen LogP contribution in [-0.2, 0) is 4.74 Å². The Morgan fingerprint density at radius 2 is 1.95 bits per heavy atom. The van der Waals surface area contributed by atoms with E-state index in [9.17, 15) is 9.59 Å². The first-order valence-electron chi connectivity index (χ1n) is 6.30. The van der Waals surface area contributed by atoms with Crippen LogP contribution in [0.4, 0.5) is 0 Å². The number of carbonyl (C=O) groups is 2. The van der Waals surface area contributed by atoms with Crippen molar-refractivity contribution in [3.8, 4) is 17.0 Å². The molecule has 1 aromatic carbocycles. The molecule has 0 aliphatic heterocycles. The van der Waals surface area contributed by atoms with Crippen molar-refractivity contribution in [2.75, 3.05) is 13.7 Å². The Kier molecular flexibility index (Phi) is 2.82. The number of methoxy groups -OCH3 is 1. The zero-order chi connectivity index (χ0) is 14.3. The van der Waals surface area contributed by atoms with Crippen molar-refractivity contribution in [2.45, 2.75) is 6.92 Å². The highest BCUT2D eigenvalue weighted by molar-refractivity contribution is 6.24. The molecule has 0 fully saturated rings. The van der Waals surface area contributed by atoms with Gasteiger partial charge in [-0.3, -0.25) is 4.79 Å². The van der Waals surface area contributed by atoms with Crippen LogP contribution in [0.25, 0.3) is 11.3 Å². The second kappa shape index (κ2) is 4.52. The van der Waals surface area contributed by atoms with Gasteiger partial charge in [0.15, 0.2) is 17.2 Å². The number of aromatic amines is 1. The fourth-order valence-corrected chi connectivity index (χ4v) is 2.49. The van der Waals surface area contributed by atoms with Gasteiger partial charge in [0.2, 0.25) is 0 Å². The highest BCUT2D eigenvalue weighted by Crippen LogP contribution is 2.42. The number of hydrogen-bond acceptors (Lipinski definition) is 4. The largest absolute Gasteiger partial charge is 0.493 e. The van der Waals surface area contributed by atoms with Gasteiger partial charge in [0.1, 0.15) is 0 Å². The molecule has 1 N–H and O–H groups in total. The van der Waals surface area contributed by atoms with Gasteiger partial charge in [0.05, 0.1) is 25.0 Å².